The molecule has 0 bridgehead atoms. The summed E-state index contributed by atoms with van der Waals surface area (Å²) in [4.78, 5) is 18.9. The van der Waals surface area contributed by atoms with E-state index in [0.717, 1.165) is 30.5 Å². The maximum atomic E-state index is 14.9. The fraction of sp³-hybridized carbons (Fsp3) is 0.385. The number of hydrogen-bond donors (Lipinski definition) is 1. The summed E-state index contributed by atoms with van der Waals surface area (Å²) in [6.07, 6.45) is 6.85. The van der Waals surface area contributed by atoms with Crippen LogP contribution < -0.4 is 5.73 Å². The van der Waals surface area contributed by atoms with Gasteiger partial charge in [0.05, 0.1) is 23.9 Å². The molecule has 2 aliphatic rings. The first kappa shape index (κ1) is 22.9. The van der Waals surface area contributed by atoms with Gasteiger partial charge in [-0.15, -0.1) is 0 Å². The molecule has 2 aromatic heterocycles. The second-order valence-electron chi connectivity index (χ2n) is 9.16. The summed E-state index contributed by atoms with van der Waals surface area (Å²) >= 11 is 6.00. The molecule has 1 saturated carbocycles. The Labute approximate surface area is 203 Å². The quantitative estimate of drug-likeness (QED) is 0.487. The highest BCUT2D eigenvalue weighted by Gasteiger charge is 2.33. The number of hydrogen-bond acceptors (Lipinski definition) is 6. The number of nitrogens with zero attached hydrogens (tertiary/aromatic N) is 4. The molecule has 3 unspecified atom stereocenters. The predicted molar refractivity (Wildman–Crippen MR) is 133 cm³/mol. The third kappa shape index (κ3) is 4.81. The number of halogens is 2. The van der Waals surface area contributed by atoms with Gasteiger partial charge in [0.1, 0.15) is 11.6 Å². The Morgan fingerprint density at radius 3 is 2.74 bits per heavy atom. The van der Waals surface area contributed by atoms with Gasteiger partial charge in [-0.2, -0.15) is 0 Å². The molecule has 5 rings (SSSR count). The summed E-state index contributed by atoms with van der Waals surface area (Å²) in [6.45, 7) is 3.95. The van der Waals surface area contributed by atoms with Gasteiger partial charge in [0.25, 0.3) is 0 Å². The topological polar surface area (TPSA) is 86.3 Å². The molecule has 3 atom stereocenters. The van der Waals surface area contributed by atoms with E-state index in [1.54, 1.807) is 18.3 Å². The monoisotopic (exact) mass is 479 g/mol. The van der Waals surface area contributed by atoms with Crippen LogP contribution in [0.15, 0.2) is 47.1 Å². The minimum Gasteiger partial charge on any atom is -0.404 e. The second kappa shape index (κ2) is 9.39. The molecule has 6 nitrogen and oxygen atoms in total. The number of benzene rings is 1. The molecule has 0 radical (unpaired) electrons. The van der Waals surface area contributed by atoms with Crippen LogP contribution in [0.1, 0.15) is 50.0 Å². The van der Waals surface area contributed by atoms with Gasteiger partial charge >= 0.3 is 0 Å². The minimum absolute atomic E-state index is 0.00107. The van der Waals surface area contributed by atoms with Gasteiger partial charge in [-0.1, -0.05) is 11.6 Å². The number of aliphatic imine (C=N–C) groups is 1. The molecule has 1 aromatic carbocycles. The van der Waals surface area contributed by atoms with Crippen LogP contribution in [0.2, 0.25) is 5.02 Å². The second-order valence-corrected chi connectivity index (χ2v) is 9.59. The van der Waals surface area contributed by atoms with Gasteiger partial charge in [0.15, 0.2) is 5.65 Å². The Bertz CT molecular complexity index is 1290. The van der Waals surface area contributed by atoms with E-state index in [0.29, 0.717) is 45.6 Å². The minimum atomic E-state index is -0.429. The lowest BCUT2D eigenvalue weighted by Crippen LogP contribution is -2.33. The van der Waals surface area contributed by atoms with Crippen molar-refractivity contribution in [3.8, 4) is 11.3 Å². The smallest absolute Gasteiger partial charge is 0.163 e. The lowest BCUT2D eigenvalue weighted by molar-refractivity contribution is -0.0272. The molecule has 3 heterocycles. The molecule has 176 valence electrons. The van der Waals surface area contributed by atoms with Gasteiger partial charge in [0.2, 0.25) is 0 Å². The molecule has 2 N–H and O–H groups in total. The highest BCUT2D eigenvalue weighted by molar-refractivity contribution is 6.30. The van der Waals surface area contributed by atoms with Crippen LogP contribution in [0, 0.1) is 12.7 Å². The van der Waals surface area contributed by atoms with Gasteiger partial charge in [-0.3, -0.25) is 4.99 Å². The number of ether oxygens (including phenoxy) is 1. The van der Waals surface area contributed by atoms with E-state index in [9.17, 15) is 4.39 Å². The van der Waals surface area contributed by atoms with Crippen molar-refractivity contribution in [3.63, 3.8) is 0 Å². The van der Waals surface area contributed by atoms with Crippen LogP contribution in [0.4, 0.5) is 4.39 Å². The number of pyridine rings is 1. The number of fused-ring (bicyclic) bond motifs is 1. The van der Waals surface area contributed by atoms with E-state index in [4.69, 9.17) is 32.0 Å². The van der Waals surface area contributed by atoms with Crippen molar-refractivity contribution in [1.29, 1.82) is 0 Å². The zero-order valence-corrected chi connectivity index (χ0v) is 20.0. The molecule has 1 saturated heterocycles. The fourth-order valence-corrected chi connectivity index (χ4v) is 4.57. The molecule has 0 amide bonds. The Morgan fingerprint density at radius 1 is 1.18 bits per heavy atom. The highest BCUT2D eigenvalue weighted by atomic mass is 35.5. The van der Waals surface area contributed by atoms with E-state index in [2.05, 4.69) is 9.98 Å². The lowest BCUT2D eigenvalue weighted by Gasteiger charge is -2.33. The standard InChI is InChI=1S/C26H27ClFN5O/c1-14-3-7-21-24(20-8-4-18(27)11-22(20)28)32-25(33-26(21)31-14)16-9-15(2)34-23(10-16)17(12-29)13-30-19-5-6-19/h3-4,7-8,11-13,15-16,19,23H,5-6,9-10,29H2,1-2H3/b17-12+,30-13?. The van der Waals surface area contributed by atoms with E-state index in [1.165, 1.54) is 6.07 Å². The summed E-state index contributed by atoms with van der Waals surface area (Å²) in [6, 6.07) is 8.80. The first-order valence-electron chi connectivity index (χ1n) is 11.6. The molecule has 2 fully saturated rings. The van der Waals surface area contributed by atoms with Crippen LogP contribution in [0.5, 0.6) is 0 Å². The molecular weight excluding hydrogens is 453 g/mol. The van der Waals surface area contributed by atoms with Crippen molar-refractivity contribution in [3.05, 3.63) is 64.5 Å². The van der Waals surface area contributed by atoms with E-state index < -0.39 is 5.82 Å². The van der Waals surface area contributed by atoms with E-state index >= 15 is 0 Å². The molecule has 1 aliphatic carbocycles. The third-order valence-electron chi connectivity index (χ3n) is 6.32. The first-order chi connectivity index (χ1) is 16.4. The maximum Gasteiger partial charge on any atom is 0.163 e. The molecule has 0 spiro atoms. The largest absolute Gasteiger partial charge is 0.404 e. The lowest BCUT2D eigenvalue weighted by atomic mass is 9.88. The molecule has 34 heavy (non-hydrogen) atoms. The zero-order chi connectivity index (χ0) is 23.8. The number of aromatic nitrogens is 3. The van der Waals surface area contributed by atoms with Crippen LogP contribution >= 0.6 is 11.6 Å². The van der Waals surface area contributed by atoms with Crippen molar-refractivity contribution in [2.45, 2.75) is 63.7 Å². The van der Waals surface area contributed by atoms with Crippen molar-refractivity contribution < 1.29 is 9.13 Å². The van der Waals surface area contributed by atoms with E-state index in [-0.39, 0.29) is 18.1 Å². The summed E-state index contributed by atoms with van der Waals surface area (Å²) in [5.74, 6) is 0.200. The summed E-state index contributed by atoms with van der Waals surface area (Å²) < 4.78 is 21.1. The Kier molecular flexibility index (Phi) is 6.32. The number of rotatable bonds is 5. The predicted octanol–water partition coefficient (Wildman–Crippen LogP) is 5.52. The SMILES string of the molecule is Cc1ccc2c(-c3ccc(Cl)cc3F)nc(C3CC(C)OC(/C(C=NC4CC4)=C/N)C3)nc2n1. The maximum absolute atomic E-state index is 14.9. The molecule has 1 aliphatic heterocycles. The highest BCUT2D eigenvalue weighted by Crippen LogP contribution is 2.37. The zero-order valence-electron chi connectivity index (χ0n) is 19.2. The van der Waals surface area contributed by atoms with Gasteiger partial charge in [0, 0.05) is 45.6 Å². The summed E-state index contributed by atoms with van der Waals surface area (Å²) in [7, 11) is 0. The van der Waals surface area contributed by atoms with Crippen LogP contribution in [-0.2, 0) is 4.74 Å². The van der Waals surface area contributed by atoms with Crippen LogP contribution in [-0.4, -0.2) is 39.4 Å². The van der Waals surface area contributed by atoms with Crippen molar-refractivity contribution in [2.75, 3.05) is 0 Å². The van der Waals surface area contributed by atoms with Gasteiger partial charge < -0.3 is 10.5 Å². The Balaban J connectivity index is 1.56. The van der Waals surface area contributed by atoms with Crippen LogP contribution in [0.25, 0.3) is 22.3 Å². The van der Waals surface area contributed by atoms with Crippen molar-refractivity contribution >= 4 is 28.8 Å². The molecule has 8 heteroatoms. The van der Waals surface area contributed by atoms with E-state index in [1.807, 2.05) is 32.2 Å². The van der Waals surface area contributed by atoms with Crippen molar-refractivity contribution in [2.24, 2.45) is 10.7 Å². The first-order valence-corrected chi connectivity index (χ1v) is 12.0. The number of aryl methyl sites for hydroxylation is 1. The van der Waals surface area contributed by atoms with Crippen LogP contribution in [0.3, 0.4) is 0 Å². The average molecular weight is 480 g/mol. The molecule has 3 aromatic rings. The summed E-state index contributed by atoms with van der Waals surface area (Å²) in [5, 5.41) is 1.04. The third-order valence-corrected chi connectivity index (χ3v) is 6.56. The summed E-state index contributed by atoms with van der Waals surface area (Å²) in [5.41, 5.74) is 9.07. The number of nitrogens with two attached hydrogens (primary N) is 1. The average Bonchev–Trinajstić information content (AvgIpc) is 3.63. The Hall–Kier alpha value is -2.90. The fourth-order valence-electron chi connectivity index (χ4n) is 4.41. The van der Waals surface area contributed by atoms with Gasteiger partial charge in [-0.25, -0.2) is 19.3 Å². The normalized spacial score (nSPS) is 23.6. The Morgan fingerprint density at radius 2 is 2.00 bits per heavy atom. The molecular formula is C26H27ClFN5O. The van der Waals surface area contributed by atoms with Crippen molar-refractivity contribution in [1.82, 2.24) is 15.0 Å². The van der Waals surface area contributed by atoms with Gasteiger partial charge in [-0.05, 0) is 69.9 Å².